The molecule has 0 spiro atoms. The molecule has 1 saturated carbocycles. The van der Waals surface area contributed by atoms with Gasteiger partial charge in [0.05, 0.1) is 0 Å². The molecule has 0 N–H and O–H groups in total. The molecular weight excluding hydrogens is 338 g/mol. The Morgan fingerprint density at radius 3 is 2.22 bits per heavy atom. The molecule has 0 nitrogen and oxygen atoms in total. The van der Waals surface area contributed by atoms with Gasteiger partial charge in [0.1, 0.15) is 0 Å². The predicted molar refractivity (Wildman–Crippen MR) is 108 cm³/mol. The van der Waals surface area contributed by atoms with Crippen LogP contribution in [0.3, 0.4) is 0 Å². The number of rotatable bonds is 4. The summed E-state index contributed by atoms with van der Waals surface area (Å²) >= 11 is 0. The fraction of sp³-hybridized carbons (Fsp3) is 0.520. The van der Waals surface area contributed by atoms with Gasteiger partial charge in [0, 0.05) is 0 Å². The number of hydrogen-bond donors (Lipinski definition) is 0. The lowest BCUT2D eigenvalue weighted by atomic mass is 9.76. The topological polar surface area (TPSA) is 0 Å². The average Bonchev–Trinajstić information content (AvgIpc) is 2.69. The highest BCUT2D eigenvalue weighted by Gasteiger charge is 2.23. The smallest absolute Gasteiger partial charge is 0.159 e. The monoisotopic (exact) mass is 368 g/mol. The fourth-order valence-corrected chi connectivity index (χ4v) is 5.02. The molecule has 0 amide bonds. The molecule has 1 unspecified atom stereocenters. The Bertz CT molecular complexity index is 787. The number of halogens is 2. The zero-order valence-electron chi connectivity index (χ0n) is 16.3. The molecule has 2 aromatic carbocycles. The van der Waals surface area contributed by atoms with Crippen molar-refractivity contribution in [3.63, 3.8) is 0 Å². The zero-order chi connectivity index (χ0) is 18.8. The third-order valence-electron chi connectivity index (χ3n) is 6.91. The number of fused-ring (bicyclic) bond motifs is 1. The van der Waals surface area contributed by atoms with Gasteiger partial charge in [0.15, 0.2) is 11.6 Å². The summed E-state index contributed by atoms with van der Waals surface area (Å²) in [5.41, 5.74) is 4.59. The van der Waals surface area contributed by atoms with E-state index in [0.717, 1.165) is 35.3 Å². The van der Waals surface area contributed by atoms with Gasteiger partial charge in [-0.05, 0) is 77.8 Å². The quantitative estimate of drug-likeness (QED) is 0.529. The molecule has 4 rings (SSSR count). The lowest BCUT2D eigenvalue weighted by molar-refractivity contribution is 0.255. The Hall–Kier alpha value is -1.70. The van der Waals surface area contributed by atoms with E-state index in [0.29, 0.717) is 0 Å². The van der Waals surface area contributed by atoms with Gasteiger partial charge in [0.25, 0.3) is 0 Å². The van der Waals surface area contributed by atoms with Crippen molar-refractivity contribution in [3.8, 4) is 11.1 Å². The van der Waals surface area contributed by atoms with Crippen LogP contribution in [-0.2, 0) is 12.8 Å². The maximum atomic E-state index is 13.5. The van der Waals surface area contributed by atoms with Gasteiger partial charge in [-0.1, -0.05) is 63.3 Å². The molecule has 1 atom stereocenters. The molecule has 0 aliphatic heterocycles. The third-order valence-corrected chi connectivity index (χ3v) is 6.91. The summed E-state index contributed by atoms with van der Waals surface area (Å²) in [6.07, 6.45) is 12.0. The first-order chi connectivity index (χ1) is 13.1. The normalized spacial score (nSPS) is 25.2. The molecule has 2 aliphatic rings. The molecule has 0 aromatic heterocycles. The van der Waals surface area contributed by atoms with E-state index in [9.17, 15) is 8.78 Å². The van der Waals surface area contributed by atoms with Gasteiger partial charge < -0.3 is 0 Å². The van der Waals surface area contributed by atoms with E-state index in [2.05, 4.69) is 25.1 Å². The van der Waals surface area contributed by atoms with E-state index in [-0.39, 0.29) is 0 Å². The van der Waals surface area contributed by atoms with Crippen LogP contribution in [0.5, 0.6) is 0 Å². The zero-order valence-corrected chi connectivity index (χ0v) is 16.3. The lowest BCUT2D eigenvalue weighted by Crippen LogP contribution is -2.17. The minimum absolute atomic E-state index is 0.755. The summed E-state index contributed by atoms with van der Waals surface area (Å²) in [4.78, 5) is 0. The SMILES string of the molecule is CC1CCC(CCC2CCc3cc(-c4ccc(F)c(F)c4)ccc3C2)CC1. The van der Waals surface area contributed by atoms with Gasteiger partial charge >= 0.3 is 0 Å². The van der Waals surface area contributed by atoms with E-state index in [4.69, 9.17) is 0 Å². The van der Waals surface area contributed by atoms with Crippen LogP contribution in [-0.4, -0.2) is 0 Å². The van der Waals surface area contributed by atoms with E-state index in [1.54, 1.807) is 6.07 Å². The van der Waals surface area contributed by atoms with Crippen molar-refractivity contribution in [2.75, 3.05) is 0 Å². The second-order valence-corrected chi connectivity index (χ2v) is 8.92. The average molecular weight is 369 g/mol. The Morgan fingerprint density at radius 1 is 0.741 bits per heavy atom. The van der Waals surface area contributed by atoms with Crippen molar-refractivity contribution in [2.24, 2.45) is 17.8 Å². The maximum Gasteiger partial charge on any atom is 0.159 e. The van der Waals surface area contributed by atoms with Gasteiger partial charge in [-0.2, -0.15) is 0 Å². The van der Waals surface area contributed by atoms with Crippen LogP contribution in [0, 0.1) is 29.4 Å². The van der Waals surface area contributed by atoms with E-state index >= 15 is 0 Å². The highest BCUT2D eigenvalue weighted by Crippen LogP contribution is 2.36. The molecule has 2 heteroatoms. The number of benzene rings is 2. The summed E-state index contributed by atoms with van der Waals surface area (Å²) in [6.45, 7) is 2.39. The van der Waals surface area contributed by atoms with Gasteiger partial charge in [-0.15, -0.1) is 0 Å². The Kier molecular flexibility index (Phi) is 5.61. The van der Waals surface area contributed by atoms with Crippen molar-refractivity contribution in [1.29, 1.82) is 0 Å². The summed E-state index contributed by atoms with van der Waals surface area (Å²) in [5.74, 6) is 1.14. The molecule has 0 heterocycles. The van der Waals surface area contributed by atoms with Crippen molar-refractivity contribution < 1.29 is 8.78 Å². The molecule has 0 saturated heterocycles. The molecule has 0 radical (unpaired) electrons. The number of aryl methyl sites for hydroxylation is 1. The van der Waals surface area contributed by atoms with Crippen molar-refractivity contribution in [2.45, 2.75) is 64.7 Å². The second-order valence-electron chi connectivity index (χ2n) is 8.92. The first-order valence-electron chi connectivity index (χ1n) is 10.7. The van der Waals surface area contributed by atoms with Crippen molar-refractivity contribution >= 4 is 0 Å². The Morgan fingerprint density at radius 2 is 1.44 bits per heavy atom. The van der Waals surface area contributed by atoms with Crippen LogP contribution in [0.25, 0.3) is 11.1 Å². The minimum Gasteiger partial charge on any atom is -0.204 e. The standard InChI is InChI=1S/C25H30F2/c1-17-2-4-18(5-3-17)6-7-19-8-9-21-15-22(11-10-20(21)14-19)23-12-13-24(26)25(27)16-23/h10-13,15-19H,2-9,14H2,1H3. The fourth-order valence-electron chi connectivity index (χ4n) is 5.02. The van der Waals surface area contributed by atoms with Crippen LogP contribution in [0.1, 0.15) is 63.0 Å². The van der Waals surface area contributed by atoms with Gasteiger partial charge in [-0.3, -0.25) is 0 Å². The van der Waals surface area contributed by atoms with Crippen LogP contribution in [0.15, 0.2) is 36.4 Å². The lowest BCUT2D eigenvalue weighted by Gasteiger charge is -2.29. The van der Waals surface area contributed by atoms with Crippen LogP contribution < -0.4 is 0 Å². The summed E-state index contributed by atoms with van der Waals surface area (Å²) in [5, 5.41) is 0. The van der Waals surface area contributed by atoms with Crippen molar-refractivity contribution in [3.05, 3.63) is 59.2 Å². The predicted octanol–water partition coefficient (Wildman–Crippen LogP) is 7.34. The van der Waals surface area contributed by atoms with Gasteiger partial charge in [0.2, 0.25) is 0 Å². The molecule has 2 aromatic rings. The van der Waals surface area contributed by atoms with Crippen LogP contribution in [0.2, 0.25) is 0 Å². The summed E-state index contributed by atoms with van der Waals surface area (Å²) in [6, 6.07) is 10.6. The number of hydrogen-bond acceptors (Lipinski definition) is 0. The minimum atomic E-state index is -0.785. The Labute approximate surface area is 162 Å². The van der Waals surface area contributed by atoms with Gasteiger partial charge in [-0.25, -0.2) is 8.78 Å². The Balaban J connectivity index is 1.38. The van der Waals surface area contributed by atoms with Crippen LogP contribution >= 0.6 is 0 Å². The molecule has 2 aliphatic carbocycles. The van der Waals surface area contributed by atoms with E-state index in [1.807, 2.05) is 0 Å². The molecule has 1 fully saturated rings. The highest BCUT2D eigenvalue weighted by atomic mass is 19.2. The van der Waals surface area contributed by atoms with E-state index in [1.165, 1.54) is 74.6 Å². The highest BCUT2D eigenvalue weighted by molar-refractivity contribution is 5.65. The molecule has 144 valence electrons. The maximum absolute atomic E-state index is 13.5. The van der Waals surface area contributed by atoms with Crippen molar-refractivity contribution in [1.82, 2.24) is 0 Å². The second kappa shape index (κ2) is 8.12. The summed E-state index contributed by atoms with van der Waals surface area (Å²) < 4.78 is 26.7. The molecule has 27 heavy (non-hydrogen) atoms. The first-order valence-corrected chi connectivity index (χ1v) is 10.7. The van der Waals surface area contributed by atoms with Crippen LogP contribution in [0.4, 0.5) is 8.78 Å². The van der Waals surface area contributed by atoms with E-state index < -0.39 is 11.6 Å². The first kappa shape index (κ1) is 18.7. The molecule has 0 bridgehead atoms. The molecular formula is C25H30F2. The largest absolute Gasteiger partial charge is 0.204 e. The third kappa shape index (κ3) is 4.42. The summed E-state index contributed by atoms with van der Waals surface area (Å²) in [7, 11) is 0.